The van der Waals surface area contributed by atoms with Crippen LogP contribution in [0, 0.1) is 0 Å². The third-order valence-corrected chi connectivity index (χ3v) is 7.66. The van der Waals surface area contributed by atoms with Crippen molar-refractivity contribution >= 4 is 23.3 Å². The summed E-state index contributed by atoms with van der Waals surface area (Å²) in [5, 5.41) is 24.3. The number of aliphatic hydroxyl groups is 1. The fraction of sp³-hybridized carbons (Fsp3) is 0.229. The van der Waals surface area contributed by atoms with Crippen LogP contribution >= 0.6 is 0 Å². The fourth-order valence-electron chi connectivity index (χ4n) is 5.49. The van der Waals surface area contributed by atoms with Gasteiger partial charge in [-0.05, 0) is 48.7 Å². The predicted octanol–water partition coefficient (Wildman–Crippen LogP) is 6.21. The van der Waals surface area contributed by atoms with Crippen LogP contribution < -0.4 is 10.1 Å². The van der Waals surface area contributed by atoms with Gasteiger partial charge in [-0.2, -0.15) is 0 Å². The lowest BCUT2D eigenvalue weighted by molar-refractivity contribution is -0.274. The first-order valence-electron chi connectivity index (χ1n) is 14.7. The summed E-state index contributed by atoms with van der Waals surface area (Å²) >= 11 is 0. The summed E-state index contributed by atoms with van der Waals surface area (Å²) in [5.41, 5.74) is 2.70. The van der Waals surface area contributed by atoms with E-state index in [1.807, 2.05) is 30.3 Å². The Kier molecular flexibility index (Phi) is 10.1. The van der Waals surface area contributed by atoms with E-state index in [0.717, 1.165) is 42.8 Å². The van der Waals surface area contributed by atoms with Crippen molar-refractivity contribution in [1.29, 1.82) is 0 Å². The maximum atomic E-state index is 13.7. The molecule has 8 nitrogen and oxygen atoms in total. The number of ether oxygens (including phenoxy) is 1. The number of nitrogens with zero attached hydrogens (tertiary/aromatic N) is 2. The Labute approximate surface area is 263 Å². The highest BCUT2D eigenvalue weighted by Gasteiger charge is 2.33. The number of carbonyl (C=O) groups excluding carboxylic acids is 1. The Balaban J connectivity index is 1.46. The molecule has 3 atom stereocenters. The lowest BCUT2D eigenvalue weighted by Gasteiger charge is -2.24. The summed E-state index contributed by atoms with van der Waals surface area (Å²) in [6.07, 6.45) is -5.08. The van der Waals surface area contributed by atoms with E-state index >= 15 is 0 Å². The Morgan fingerprint density at radius 2 is 1.54 bits per heavy atom. The number of nitrogens with one attached hydrogen (secondary N) is 1. The predicted molar refractivity (Wildman–Crippen MR) is 167 cm³/mol. The van der Waals surface area contributed by atoms with E-state index in [-0.39, 0.29) is 23.2 Å². The molecule has 1 saturated heterocycles. The van der Waals surface area contributed by atoms with Crippen molar-refractivity contribution in [1.82, 2.24) is 4.90 Å². The molecular formula is C35H32F3N3O5. The molecule has 1 heterocycles. The number of para-hydroxylation sites is 1. The van der Waals surface area contributed by atoms with Crippen molar-refractivity contribution in [2.75, 3.05) is 11.9 Å². The van der Waals surface area contributed by atoms with E-state index in [9.17, 15) is 33.0 Å². The van der Waals surface area contributed by atoms with Gasteiger partial charge in [-0.3, -0.25) is 14.7 Å². The van der Waals surface area contributed by atoms with Crippen LogP contribution in [0.3, 0.4) is 0 Å². The molecule has 0 saturated carbocycles. The number of hydrogen-bond acceptors (Lipinski definition) is 6. The topological polar surface area (TPSA) is 111 Å². The van der Waals surface area contributed by atoms with Crippen molar-refractivity contribution in [3.8, 4) is 5.75 Å². The van der Waals surface area contributed by atoms with Crippen LogP contribution in [0.15, 0.2) is 114 Å². The molecule has 4 aromatic carbocycles. The first-order chi connectivity index (χ1) is 22.1. The van der Waals surface area contributed by atoms with E-state index in [1.165, 1.54) is 0 Å². The number of halogens is 3. The zero-order chi connectivity index (χ0) is 32.7. The van der Waals surface area contributed by atoms with Gasteiger partial charge in [-0.25, -0.2) is 4.79 Å². The number of carbonyl (C=O) groups is 2. The zero-order valence-corrected chi connectivity index (χ0v) is 24.6. The Morgan fingerprint density at radius 3 is 2.20 bits per heavy atom. The van der Waals surface area contributed by atoms with Crippen molar-refractivity contribution in [3.05, 3.63) is 131 Å². The summed E-state index contributed by atoms with van der Waals surface area (Å²) in [5.74, 6) is -2.18. The molecule has 0 unspecified atom stereocenters. The van der Waals surface area contributed by atoms with E-state index in [0.29, 0.717) is 29.8 Å². The number of alkyl halides is 3. The molecule has 238 valence electrons. The zero-order valence-electron chi connectivity index (χ0n) is 24.6. The molecule has 11 heteroatoms. The van der Waals surface area contributed by atoms with Crippen molar-refractivity contribution in [2.24, 2.45) is 4.99 Å². The van der Waals surface area contributed by atoms with Crippen LogP contribution in [0.25, 0.3) is 0 Å². The number of hydrogen-bond donors (Lipinski definition) is 3. The molecule has 4 aromatic rings. The first-order valence-corrected chi connectivity index (χ1v) is 14.7. The average molecular weight is 632 g/mol. The second-order valence-electron chi connectivity index (χ2n) is 10.8. The summed E-state index contributed by atoms with van der Waals surface area (Å²) in [7, 11) is 0. The van der Waals surface area contributed by atoms with Crippen LogP contribution in [0.2, 0.25) is 0 Å². The second kappa shape index (κ2) is 14.4. The minimum absolute atomic E-state index is 0.0272. The van der Waals surface area contributed by atoms with Crippen LogP contribution in [-0.4, -0.2) is 57.7 Å². The van der Waals surface area contributed by atoms with E-state index in [1.54, 1.807) is 54.6 Å². The molecule has 0 aliphatic carbocycles. The number of carboxylic acid groups (broad SMARTS) is 1. The lowest BCUT2D eigenvalue weighted by atomic mass is 9.98. The van der Waals surface area contributed by atoms with Crippen LogP contribution in [0.5, 0.6) is 5.75 Å². The van der Waals surface area contributed by atoms with Crippen molar-refractivity contribution in [3.63, 3.8) is 0 Å². The largest absolute Gasteiger partial charge is 0.573 e. The summed E-state index contributed by atoms with van der Waals surface area (Å²) in [4.78, 5) is 32.8. The lowest BCUT2D eigenvalue weighted by Crippen LogP contribution is -2.39. The quantitative estimate of drug-likeness (QED) is 0.170. The third kappa shape index (κ3) is 8.17. The number of carboxylic acids is 1. The normalized spacial score (nSPS) is 16.9. The molecule has 1 fully saturated rings. The number of rotatable bonds is 11. The van der Waals surface area contributed by atoms with Gasteiger partial charge < -0.3 is 20.3 Å². The molecule has 5 rings (SSSR count). The molecule has 0 bridgehead atoms. The molecule has 1 amide bonds. The standard InChI is InChI=1S/C35H32F3N3O5/c36-35(37,38)46-26-19-17-25(18-20-26)32(42)31(34(44)45)40-30(24-12-5-2-6-13-24)27-14-7-8-15-28(27)39-33(43)29-16-9-21-41(29)22-23-10-3-1-4-11-23/h1-8,10-15,17-20,29,31-32,42H,9,16,21-22H2,(H,39,43)(H,44,45)/t29-,31-,32-/m0/s1. The Bertz CT molecular complexity index is 1660. The van der Waals surface area contributed by atoms with Gasteiger partial charge in [0.2, 0.25) is 5.91 Å². The van der Waals surface area contributed by atoms with Crippen LogP contribution in [0.1, 0.15) is 41.2 Å². The smallest absolute Gasteiger partial charge is 0.480 e. The van der Waals surface area contributed by atoms with Gasteiger partial charge in [0.25, 0.3) is 0 Å². The summed E-state index contributed by atoms with van der Waals surface area (Å²) in [6, 6.07) is 27.7. The SMILES string of the molecule is O=C(O)[C@@H](N=C(c1ccccc1)c1ccccc1NC(=O)[C@@H]1CCCN1Cc1ccccc1)[C@@H](O)c1ccc(OC(F)(F)F)cc1. The number of aliphatic carboxylic acids is 1. The van der Waals surface area contributed by atoms with Crippen LogP contribution in [-0.2, 0) is 16.1 Å². The minimum Gasteiger partial charge on any atom is -0.480 e. The van der Waals surface area contributed by atoms with E-state index < -0.39 is 30.2 Å². The van der Waals surface area contributed by atoms with Gasteiger partial charge in [0.15, 0.2) is 6.04 Å². The number of anilines is 1. The number of aliphatic imine (C=N–C) groups is 1. The van der Waals surface area contributed by atoms with Gasteiger partial charge in [-0.1, -0.05) is 91.0 Å². The molecule has 1 aliphatic rings. The molecule has 0 radical (unpaired) electrons. The highest BCUT2D eigenvalue weighted by atomic mass is 19.4. The highest BCUT2D eigenvalue weighted by molar-refractivity contribution is 6.17. The Hall–Kier alpha value is -5.00. The maximum Gasteiger partial charge on any atom is 0.573 e. The molecule has 0 aromatic heterocycles. The van der Waals surface area contributed by atoms with Gasteiger partial charge in [-0.15, -0.1) is 13.2 Å². The van der Waals surface area contributed by atoms with Gasteiger partial charge in [0.05, 0.1) is 17.4 Å². The van der Waals surface area contributed by atoms with Gasteiger partial charge in [0.1, 0.15) is 11.9 Å². The van der Waals surface area contributed by atoms with Crippen molar-refractivity contribution < 1.29 is 37.7 Å². The first kappa shape index (κ1) is 32.4. The molecular weight excluding hydrogens is 599 g/mol. The van der Waals surface area contributed by atoms with E-state index in [4.69, 9.17) is 0 Å². The second-order valence-corrected chi connectivity index (χ2v) is 10.8. The van der Waals surface area contributed by atoms with E-state index in [2.05, 4.69) is 19.9 Å². The third-order valence-electron chi connectivity index (χ3n) is 7.66. The van der Waals surface area contributed by atoms with Crippen LogP contribution in [0.4, 0.5) is 18.9 Å². The molecule has 3 N–H and O–H groups in total. The monoisotopic (exact) mass is 631 g/mol. The summed E-state index contributed by atoms with van der Waals surface area (Å²) in [6.45, 7) is 1.39. The molecule has 1 aliphatic heterocycles. The number of aliphatic hydroxyl groups excluding tert-OH is 1. The van der Waals surface area contributed by atoms with Gasteiger partial charge in [0, 0.05) is 17.7 Å². The maximum absolute atomic E-state index is 13.7. The average Bonchev–Trinajstić information content (AvgIpc) is 3.50. The number of benzene rings is 4. The Morgan fingerprint density at radius 1 is 0.913 bits per heavy atom. The molecule has 46 heavy (non-hydrogen) atoms. The number of amides is 1. The number of likely N-dealkylation sites (tertiary alicyclic amines) is 1. The summed E-state index contributed by atoms with van der Waals surface area (Å²) < 4.78 is 41.7. The van der Waals surface area contributed by atoms with Crippen molar-refractivity contribution in [2.45, 2.75) is 43.9 Å². The van der Waals surface area contributed by atoms with Gasteiger partial charge >= 0.3 is 12.3 Å². The molecule has 0 spiro atoms. The highest BCUT2D eigenvalue weighted by Crippen LogP contribution is 2.29. The minimum atomic E-state index is -4.90. The fourth-order valence-corrected chi connectivity index (χ4v) is 5.49.